The minimum absolute atomic E-state index is 0.323. The Hall–Kier alpha value is -2.54. The van der Waals surface area contributed by atoms with E-state index >= 15 is 0 Å². The van der Waals surface area contributed by atoms with E-state index < -0.39 is 12.3 Å². The summed E-state index contributed by atoms with van der Waals surface area (Å²) in [5.41, 5.74) is 3.89. The van der Waals surface area contributed by atoms with Gasteiger partial charge in [0.15, 0.2) is 0 Å². The second-order valence-electron chi connectivity index (χ2n) is 7.42. The standard InChI is InChI=1S/C20H21F2N5/c21-20(22)14-8-23-9-16(14)26-18-3-1-2-15(25-18)17-10-24-19-7-6-13(11-27(17)19)12-4-5-12/h1-3,6-7,10-12,14,16,20,23H,4-5,8-9H2,(H,25,26)/t14?,16-/m0/s1. The molecule has 0 aromatic carbocycles. The number of nitrogens with zero attached hydrogens (tertiary/aromatic N) is 3. The van der Waals surface area contributed by atoms with Gasteiger partial charge in [-0.1, -0.05) is 12.1 Å². The maximum absolute atomic E-state index is 13.2. The molecule has 2 atom stereocenters. The van der Waals surface area contributed by atoms with Crippen LogP contribution in [0.2, 0.25) is 0 Å². The van der Waals surface area contributed by atoms with Gasteiger partial charge in [-0.3, -0.25) is 4.40 Å². The van der Waals surface area contributed by atoms with Crippen LogP contribution in [0, 0.1) is 5.92 Å². The van der Waals surface area contributed by atoms with Crippen LogP contribution in [0.15, 0.2) is 42.7 Å². The zero-order chi connectivity index (χ0) is 18.4. The first-order chi connectivity index (χ1) is 13.2. The SMILES string of the molecule is FC(F)C1CNC[C@@H]1Nc1cccc(-c2cnc3ccc(C4CC4)cn23)n1. The molecule has 7 heteroatoms. The lowest BCUT2D eigenvalue weighted by Crippen LogP contribution is -2.32. The zero-order valence-corrected chi connectivity index (χ0v) is 14.8. The average Bonchev–Trinajstić information content (AvgIpc) is 3.27. The van der Waals surface area contributed by atoms with E-state index in [9.17, 15) is 8.78 Å². The van der Waals surface area contributed by atoms with E-state index in [0.29, 0.717) is 24.8 Å². The molecule has 1 aliphatic heterocycles. The van der Waals surface area contributed by atoms with E-state index in [4.69, 9.17) is 0 Å². The van der Waals surface area contributed by atoms with Gasteiger partial charge in [-0.25, -0.2) is 18.7 Å². The first-order valence-corrected chi connectivity index (χ1v) is 9.39. The van der Waals surface area contributed by atoms with Crippen LogP contribution in [0.5, 0.6) is 0 Å². The summed E-state index contributed by atoms with van der Waals surface area (Å²) in [6.45, 7) is 0.841. The van der Waals surface area contributed by atoms with E-state index in [1.54, 1.807) is 0 Å². The van der Waals surface area contributed by atoms with Crippen LogP contribution in [0.25, 0.3) is 17.0 Å². The fourth-order valence-electron chi connectivity index (χ4n) is 3.81. The highest BCUT2D eigenvalue weighted by Crippen LogP contribution is 2.40. The summed E-state index contributed by atoms with van der Waals surface area (Å²) in [5.74, 6) is 0.569. The molecule has 3 aromatic rings. The van der Waals surface area contributed by atoms with Crippen LogP contribution in [0.4, 0.5) is 14.6 Å². The number of fused-ring (bicyclic) bond motifs is 1. The number of alkyl halides is 2. The largest absolute Gasteiger partial charge is 0.365 e. The number of hydrogen-bond acceptors (Lipinski definition) is 4. The highest BCUT2D eigenvalue weighted by molar-refractivity contribution is 5.62. The third-order valence-electron chi connectivity index (χ3n) is 5.51. The fourth-order valence-corrected chi connectivity index (χ4v) is 3.81. The normalized spacial score (nSPS) is 22.6. The number of anilines is 1. The van der Waals surface area contributed by atoms with Crippen molar-refractivity contribution in [3.8, 4) is 11.4 Å². The van der Waals surface area contributed by atoms with Crippen LogP contribution < -0.4 is 10.6 Å². The van der Waals surface area contributed by atoms with Gasteiger partial charge < -0.3 is 10.6 Å². The summed E-state index contributed by atoms with van der Waals surface area (Å²) in [6, 6.07) is 9.51. The van der Waals surface area contributed by atoms with Gasteiger partial charge in [0.1, 0.15) is 11.5 Å². The van der Waals surface area contributed by atoms with Gasteiger partial charge in [-0.15, -0.1) is 0 Å². The minimum atomic E-state index is -2.35. The topological polar surface area (TPSA) is 54.2 Å². The van der Waals surface area contributed by atoms with Gasteiger partial charge in [-0.2, -0.15) is 0 Å². The molecule has 0 bridgehead atoms. The molecule has 0 spiro atoms. The molecule has 0 amide bonds. The first kappa shape index (κ1) is 16.6. The van der Waals surface area contributed by atoms with E-state index in [-0.39, 0.29) is 6.04 Å². The van der Waals surface area contributed by atoms with E-state index in [1.165, 1.54) is 18.4 Å². The molecular formula is C20H21F2N5. The van der Waals surface area contributed by atoms with Crippen molar-refractivity contribution < 1.29 is 8.78 Å². The lowest BCUT2D eigenvalue weighted by atomic mass is 10.0. The Balaban J connectivity index is 1.45. The third kappa shape index (κ3) is 3.16. The van der Waals surface area contributed by atoms with Crippen molar-refractivity contribution in [3.63, 3.8) is 0 Å². The van der Waals surface area contributed by atoms with Crippen molar-refractivity contribution in [2.45, 2.75) is 31.2 Å². The Labute approximate surface area is 155 Å². The summed E-state index contributed by atoms with van der Waals surface area (Å²) in [6.07, 6.45) is 4.10. The van der Waals surface area contributed by atoms with Crippen molar-refractivity contribution in [1.82, 2.24) is 19.7 Å². The molecule has 2 fully saturated rings. The maximum Gasteiger partial charge on any atom is 0.244 e. The summed E-state index contributed by atoms with van der Waals surface area (Å²) in [7, 11) is 0. The molecule has 2 N–H and O–H groups in total. The number of imidazole rings is 1. The first-order valence-electron chi connectivity index (χ1n) is 9.39. The van der Waals surface area contributed by atoms with Crippen molar-refractivity contribution in [1.29, 1.82) is 0 Å². The monoisotopic (exact) mass is 369 g/mol. The molecule has 1 unspecified atom stereocenters. The van der Waals surface area contributed by atoms with E-state index in [2.05, 4.69) is 37.3 Å². The molecule has 2 aliphatic rings. The molecule has 27 heavy (non-hydrogen) atoms. The molecule has 1 saturated heterocycles. The Bertz CT molecular complexity index is 966. The van der Waals surface area contributed by atoms with Gasteiger partial charge in [-0.05, 0) is 42.5 Å². The Morgan fingerprint density at radius 2 is 2.04 bits per heavy atom. The summed E-state index contributed by atoms with van der Waals surface area (Å²) < 4.78 is 28.4. The number of rotatable bonds is 5. The number of hydrogen-bond donors (Lipinski definition) is 2. The van der Waals surface area contributed by atoms with Crippen molar-refractivity contribution in [2.24, 2.45) is 5.92 Å². The molecule has 0 radical (unpaired) electrons. The average molecular weight is 369 g/mol. The Morgan fingerprint density at radius 1 is 1.15 bits per heavy atom. The third-order valence-corrected chi connectivity index (χ3v) is 5.51. The number of aromatic nitrogens is 3. The van der Waals surface area contributed by atoms with Crippen LogP contribution in [-0.4, -0.2) is 39.9 Å². The Kier molecular flexibility index (Phi) is 4.04. The molecular weight excluding hydrogens is 348 g/mol. The maximum atomic E-state index is 13.2. The Morgan fingerprint density at radius 3 is 2.85 bits per heavy atom. The van der Waals surface area contributed by atoms with E-state index in [1.807, 2.05) is 30.5 Å². The predicted molar refractivity (Wildman–Crippen MR) is 100 cm³/mol. The highest BCUT2D eigenvalue weighted by atomic mass is 19.3. The smallest absolute Gasteiger partial charge is 0.244 e. The van der Waals surface area contributed by atoms with Gasteiger partial charge in [0.05, 0.1) is 23.5 Å². The molecule has 5 rings (SSSR count). The van der Waals surface area contributed by atoms with Gasteiger partial charge in [0.2, 0.25) is 6.43 Å². The minimum Gasteiger partial charge on any atom is -0.365 e. The van der Waals surface area contributed by atoms with Crippen molar-refractivity contribution in [3.05, 3.63) is 48.3 Å². The zero-order valence-electron chi connectivity index (χ0n) is 14.8. The molecule has 5 nitrogen and oxygen atoms in total. The molecule has 1 saturated carbocycles. The number of pyridine rings is 2. The summed E-state index contributed by atoms with van der Waals surface area (Å²) in [5, 5.41) is 6.21. The predicted octanol–water partition coefficient (Wildman–Crippen LogP) is 3.54. The fraction of sp³-hybridized carbons (Fsp3) is 0.400. The summed E-state index contributed by atoms with van der Waals surface area (Å²) in [4.78, 5) is 9.15. The number of halogens is 2. The lowest BCUT2D eigenvalue weighted by molar-refractivity contribution is 0.0825. The second kappa shape index (κ2) is 6.56. The number of nitrogens with one attached hydrogen (secondary N) is 2. The molecule has 3 aromatic heterocycles. The van der Waals surface area contributed by atoms with Crippen LogP contribution >= 0.6 is 0 Å². The lowest BCUT2D eigenvalue weighted by Gasteiger charge is -2.20. The molecule has 1 aliphatic carbocycles. The van der Waals surface area contributed by atoms with Gasteiger partial charge in [0.25, 0.3) is 0 Å². The van der Waals surface area contributed by atoms with Crippen LogP contribution in [0.3, 0.4) is 0 Å². The van der Waals surface area contributed by atoms with Gasteiger partial charge >= 0.3 is 0 Å². The second-order valence-corrected chi connectivity index (χ2v) is 7.42. The summed E-state index contributed by atoms with van der Waals surface area (Å²) >= 11 is 0. The van der Waals surface area contributed by atoms with Crippen LogP contribution in [-0.2, 0) is 0 Å². The van der Waals surface area contributed by atoms with E-state index in [0.717, 1.165) is 17.0 Å². The quantitative estimate of drug-likeness (QED) is 0.722. The highest BCUT2D eigenvalue weighted by Gasteiger charge is 2.34. The molecule has 4 heterocycles. The van der Waals surface area contributed by atoms with Crippen molar-refractivity contribution in [2.75, 3.05) is 18.4 Å². The van der Waals surface area contributed by atoms with Gasteiger partial charge in [0, 0.05) is 25.3 Å². The van der Waals surface area contributed by atoms with Crippen LogP contribution in [0.1, 0.15) is 24.3 Å². The molecule has 140 valence electrons. The van der Waals surface area contributed by atoms with Crippen molar-refractivity contribution >= 4 is 11.5 Å².